The van der Waals surface area contributed by atoms with E-state index >= 15 is 0 Å². The molecule has 52 heteroatoms. The fourth-order valence-electron chi connectivity index (χ4n) is 11.6. The summed E-state index contributed by atoms with van der Waals surface area (Å²) < 4.78 is 36.8. The molecule has 28 radical (unpaired) electrons. The van der Waals surface area contributed by atoms with Crippen molar-refractivity contribution in [1.82, 2.24) is 23.3 Å². The molecule has 11 rings (SSSR count). The van der Waals surface area contributed by atoms with Crippen LogP contribution >= 0.6 is 26.6 Å². The van der Waals surface area contributed by atoms with Crippen LogP contribution in [-0.4, -0.2) is 260 Å². The van der Waals surface area contributed by atoms with E-state index in [1.54, 1.807) is 73.3 Å². The van der Waals surface area contributed by atoms with E-state index in [0.717, 1.165) is 52.2 Å². The first-order valence-electron chi connectivity index (χ1n) is 38.2. The number of aliphatic hydroxyl groups excluding tert-OH is 2. The van der Waals surface area contributed by atoms with E-state index in [2.05, 4.69) is 54.3 Å². The average molecular weight is 1870 g/mol. The Morgan fingerprint density at radius 1 is 0.500 bits per heavy atom. The van der Waals surface area contributed by atoms with Crippen LogP contribution in [0.25, 0.3) is 0 Å². The number of nitrogens with zero attached hydrogens (tertiary/aromatic N) is 4. The monoisotopic (exact) mass is 1870 g/mol. The molecule has 0 saturated carbocycles. The number of esters is 2. The van der Waals surface area contributed by atoms with Gasteiger partial charge in [-0.05, 0) is 94.8 Å². The minimum Gasteiger partial charge on any atom is -1.00 e. The molecule has 6 aromatic carbocycles. The summed E-state index contributed by atoms with van der Waals surface area (Å²) in [6.07, 6.45) is 1.77. The molecule has 0 atom stereocenters. The van der Waals surface area contributed by atoms with Crippen LogP contribution in [-0.2, 0) is 72.7 Å². The minimum atomic E-state index is -3.55. The van der Waals surface area contributed by atoms with E-state index < -0.39 is 84.8 Å². The van der Waals surface area contributed by atoms with Crippen molar-refractivity contribution in [3.05, 3.63) is 381 Å². The number of aldehydes is 1. The Morgan fingerprint density at radius 3 is 1.10 bits per heavy atom. The molecule has 0 unspecified atom stereocenters. The smallest absolute Gasteiger partial charge is 1.00 e. The number of H-pyrrole nitrogens is 1. The number of ether oxygens (including phenoxy) is 2. The molecule has 0 spiro atoms. The summed E-state index contributed by atoms with van der Waals surface area (Å²) in [6, 6.07) is 71.3. The van der Waals surface area contributed by atoms with Gasteiger partial charge >= 0.3 is 144 Å². The molecule has 5 heterocycles. The Kier molecular flexibility index (Phi) is 75.3. The van der Waals surface area contributed by atoms with Gasteiger partial charge in [0.1, 0.15) is 6.29 Å². The van der Waals surface area contributed by atoms with Gasteiger partial charge in [-0.25, -0.2) is 18.0 Å². The molecule has 130 heavy (non-hydrogen) atoms. The van der Waals surface area contributed by atoms with Crippen LogP contribution < -0.4 is 165 Å². The second-order valence-corrected chi connectivity index (χ2v) is 30.0. The van der Waals surface area contributed by atoms with Crippen LogP contribution in [0.3, 0.4) is 0 Å². The molecule has 11 aromatic rings. The summed E-state index contributed by atoms with van der Waals surface area (Å²) in [6.45, 7) is 5.87. The molecule has 0 aliphatic heterocycles. The van der Waals surface area contributed by atoms with Crippen molar-refractivity contribution in [2.75, 3.05) is 21.3 Å². The van der Waals surface area contributed by atoms with Crippen LogP contribution in [0, 0.1) is 6.92 Å². The molecule has 0 aliphatic rings. The number of halogens is 2. The fourth-order valence-corrected chi connectivity index (χ4v) is 12.7. The second-order valence-electron chi connectivity index (χ2n) is 26.8. The largest absolute Gasteiger partial charge is 1.00 e. The number of methoxy groups -OCH3 is 2. The Labute approximate surface area is 909 Å². The van der Waals surface area contributed by atoms with E-state index in [-0.39, 0.29) is 208 Å². The number of alkyl halides is 1. The van der Waals surface area contributed by atoms with Gasteiger partial charge < -0.3 is 55.9 Å². The van der Waals surface area contributed by atoms with Gasteiger partial charge in [0.2, 0.25) is 5.56 Å². The topological polar surface area (TPSA) is 314 Å². The minimum absolute atomic E-state index is 0. The molecule has 0 saturated heterocycles. The van der Waals surface area contributed by atoms with Crippen molar-refractivity contribution in [2.45, 2.75) is 70.7 Å². The maximum atomic E-state index is 11.8. The van der Waals surface area contributed by atoms with Crippen LogP contribution in [0.5, 0.6) is 0 Å². The number of hydrogen-bond donors (Lipinski definition) is 3. The first kappa shape index (κ1) is 131. The van der Waals surface area contributed by atoms with E-state index in [0.29, 0.717) is 43.6 Å². The summed E-state index contributed by atoms with van der Waals surface area (Å²) in [5.41, 5.74) is 8.63. The van der Waals surface area contributed by atoms with Crippen molar-refractivity contribution in [1.29, 1.82) is 0 Å². The number of rotatable bonds is 26. The zero-order valence-electron chi connectivity index (χ0n) is 75.3. The zero-order valence-corrected chi connectivity index (χ0v) is 84.7. The van der Waals surface area contributed by atoms with E-state index in [9.17, 15) is 46.8 Å². The first-order valence-corrected chi connectivity index (χ1v) is 41.6. The molecule has 22 nitrogen and oxygen atoms in total. The van der Waals surface area contributed by atoms with E-state index in [1.807, 2.05) is 159 Å². The van der Waals surface area contributed by atoms with Gasteiger partial charge in [0.25, 0.3) is 37.8 Å². The third-order valence-corrected chi connectivity index (χ3v) is 19.8. The van der Waals surface area contributed by atoms with Crippen LogP contribution in [0.4, 0.5) is 0 Å². The normalized spacial score (nSPS) is 9.31. The van der Waals surface area contributed by atoms with Gasteiger partial charge in [0.15, 0.2) is 0 Å². The van der Waals surface area contributed by atoms with Gasteiger partial charge in [-0.15, -0.1) is 0 Å². The summed E-state index contributed by atoms with van der Waals surface area (Å²) in [5, 5.41) is 25.3. The number of aromatic amines is 1. The van der Waals surface area contributed by atoms with Crippen molar-refractivity contribution >= 4 is 233 Å². The first-order chi connectivity index (χ1) is 59.6. The average Bonchev–Trinajstić information content (AvgIpc) is 0.786. The molecular formula is C78H84B24BrClK2N5NaO17S. The third kappa shape index (κ3) is 51.5. The number of aromatic nitrogens is 5. The Morgan fingerprint density at radius 2 is 0.823 bits per heavy atom. The number of nitrogens with one attached hydrogen (secondary N) is 1. The summed E-state index contributed by atoms with van der Waals surface area (Å²) in [4.78, 5) is 104. The van der Waals surface area contributed by atoms with E-state index in [1.165, 1.54) is 75.5 Å². The fraction of sp³-hybridized carbons (Fsp3) is 0.167. The van der Waals surface area contributed by atoms with Crippen molar-refractivity contribution < 1.29 is 193 Å². The predicted octanol–water partition coefficient (Wildman–Crippen LogP) is -7.32. The molecule has 5 aromatic heterocycles. The predicted molar refractivity (Wildman–Crippen MR) is 541 cm³/mol. The number of benzene rings is 6. The van der Waals surface area contributed by atoms with Gasteiger partial charge in [0.05, 0.1) is 63.0 Å². The van der Waals surface area contributed by atoms with Gasteiger partial charge in [-0.3, -0.25) is 33.6 Å². The second kappa shape index (κ2) is 74.8. The molecule has 0 fully saturated rings. The number of carbonyl (C=O) groups is 4. The van der Waals surface area contributed by atoms with E-state index in [4.69, 9.17) is 124 Å². The summed E-state index contributed by atoms with van der Waals surface area (Å²) in [5.74, 6) is -1.00. The van der Waals surface area contributed by atoms with Crippen LogP contribution in [0.15, 0.2) is 296 Å². The zero-order chi connectivity index (χ0) is 93.6. The number of aryl methyl sites for hydroxylation is 2. The van der Waals surface area contributed by atoms with Gasteiger partial charge in [0, 0.05) is 262 Å². The Hall–Kier alpha value is -5.42. The standard InChI is InChI=1S/C14H13NO3.C14H15NO.C13H13NO2.C13H11NO2.C7H7Br.C7H7ClO2S.C7H7NO3.CH2O3.CH4O.CH4.B23.B.2K.Na.2H/c1-18-14(17)12-7-8-15(13(16)9-12)10-11-5-3-2-4-6-11;1-2-12-8-9-15(14(16)10-12)11-13-6-4-3-5-7-13;2*15-10-12-6-7-14(13(16)8-12)9-11-4-2-1-3-5-11;8-6-7-4-2-1-3-5-7;1-6-2-4-7(5-3-6)11(8,9)10;1-11-7(10)5-2-3-8-6(9)4-5;2-1-4-3;1-2;;1-13-19(12)22(18(10)11)23(20(14(2)3)15(4)5)21(16(6)7)17(8)9;;;;;;/h2-9H,10H2,1H3;3-10H,2,11H2,1H3;1-8,15H,9-10H2;1-8,10H,9H2;1-5H,6H2;2-5H,1H3;2-4H,1H3,(H,8,9);1,3H;2H,1H3;1H4;;;;;;;/q;;;;;;;;;;;;3*+1;2*-1/p-1. The maximum absolute atomic E-state index is 11.8. The molecule has 0 bridgehead atoms. The van der Waals surface area contributed by atoms with Crippen molar-refractivity contribution in [3.8, 4) is 0 Å². The van der Waals surface area contributed by atoms with Crippen molar-refractivity contribution in [2.24, 2.45) is 0 Å². The number of carbonyl (C=O) groups excluding carboxylic acids is 4. The van der Waals surface area contributed by atoms with Gasteiger partial charge in [-0.1, -0.05) is 200 Å². The third-order valence-electron chi connectivity index (χ3n) is 17.8. The van der Waals surface area contributed by atoms with Gasteiger partial charge in [-0.2, -0.15) is 0 Å². The maximum Gasteiger partial charge on any atom is 1.00 e. The Bertz CT molecular complexity index is 5290. The molecule has 3 N–H and O–H groups in total. The molecule has 618 valence electrons. The molecule has 0 aliphatic carbocycles. The van der Waals surface area contributed by atoms with Crippen LogP contribution in [0.2, 0.25) is 0 Å². The Balaban J connectivity index is -0.000000342. The summed E-state index contributed by atoms with van der Waals surface area (Å²) >= 11 is 3.36. The SMILES string of the molecule is BrCc1ccccc1.C.CCc1ccn(Cc2ccccc2)c(=O)c1.CO.COC(=O)c1cc[nH]c(=O)c1.COC(=O)c1ccn(Cc2ccccc2)c(=O)c1.Cc1ccc(S(=O)(=O)Cl)cc1.O=CO[O-].O=Cc1ccn(Cc2ccccc2)c(=O)c1.O=c1cc(CO)ccn1Cc1ccccc1.[B].[B][B]B([B])B(B([B])[B])B(B(B([B])[B])B([B])[B])B(B([B])[B])B([B])[B].[H-].[H-].[K+].[K+].[Na+]. The molecule has 0 amide bonds. The van der Waals surface area contributed by atoms with Crippen LogP contribution in [0.1, 0.15) is 92.8 Å². The molecular weight excluding hydrogens is 1790 g/mol. The number of aliphatic hydroxyl groups is 2. The number of pyridine rings is 5. The number of hydrogen-bond acceptors (Lipinski definition) is 17. The quantitative estimate of drug-likeness (QED) is 0.00863. The summed E-state index contributed by atoms with van der Waals surface area (Å²) in [7, 11) is 76.5. The van der Waals surface area contributed by atoms with Crippen molar-refractivity contribution in [3.63, 3.8) is 0 Å².